The van der Waals surface area contributed by atoms with E-state index in [1.165, 1.54) is 12.1 Å². The van der Waals surface area contributed by atoms with Gasteiger partial charge in [0.1, 0.15) is 5.82 Å². The highest BCUT2D eigenvalue weighted by atomic mass is 19.1. The number of carbonyl (C=O) groups excluding carboxylic acids is 1. The van der Waals surface area contributed by atoms with Crippen LogP contribution in [0.15, 0.2) is 54.6 Å². The molecule has 0 radical (unpaired) electrons. The highest BCUT2D eigenvalue weighted by Crippen LogP contribution is 2.38. The summed E-state index contributed by atoms with van der Waals surface area (Å²) in [6, 6.07) is 14.3. The van der Waals surface area contributed by atoms with Gasteiger partial charge in [0, 0.05) is 34.6 Å². The molecular formula is C28H33FN2O7. The van der Waals surface area contributed by atoms with Crippen LogP contribution in [0.5, 0.6) is 0 Å². The zero-order valence-corrected chi connectivity index (χ0v) is 21.5. The lowest BCUT2D eigenvalue weighted by Gasteiger charge is -2.15. The first-order chi connectivity index (χ1) is 18.2. The second kappa shape index (κ2) is 13.7. The topological polar surface area (TPSA) is 124 Å². The van der Waals surface area contributed by atoms with Gasteiger partial charge in [-0.1, -0.05) is 36.4 Å². The first-order valence-electron chi connectivity index (χ1n) is 12.5. The Balaban J connectivity index is 1.68. The van der Waals surface area contributed by atoms with Crippen LogP contribution in [0, 0.1) is 15.9 Å². The molecule has 2 N–H and O–H groups in total. The van der Waals surface area contributed by atoms with Gasteiger partial charge in [-0.2, -0.15) is 0 Å². The SMILES string of the molecule is CC(C)n1c(/C=C/C(O)CC(O)CC(=O)OCCCCO[N+](=O)[O-])c(-c2ccc(F)cc2)c2ccccc21. The number of aromatic nitrogens is 1. The third kappa shape index (κ3) is 7.87. The molecule has 3 aromatic rings. The van der Waals surface area contributed by atoms with E-state index in [0.29, 0.717) is 12.8 Å². The normalized spacial score (nSPS) is 13.2. The number of carbonyl (C=O) groups is 1. The van der Waals surface area contributed by atoms with Crippen LogP contribution in [0.3, 0.4) is 0 Å². The quantitative estimate of drug-likeness (QED) is 0.129. The van der Waals surface area contributed by atoms with Crippen molar-refractivity contribution in [2.45, 2.75) is 57.8 Å². The van der Waals surface area contributed by atoms with Gasteiger partial charge in [0.2, 0.25) is 0 Å². The Bertz CT molecular complexity index is 1250. The lowest BCUT2D eigenvalue weighted by atomic mass is 10.0. The summed E-state index contributed by atoms with van der Waals surface area (Å²) in [7, 11) is 0. The van der Waals surface area contributed by atoms with Gasteiger partial charge in [-0.15, -0.1) is 10.1 Å². The fraction of sp³-hybridized carbons (Fsp3) is 0.393. The molecule has 0 aliphatic heterocycles. The lowest BCUT2D eigenvalue weighted by Crippen LogP contribution is -2.21. The van der Waals surface area contributed by atoms with Gasteiger partial charge in [-0.05, 0) is 56.5 Å². The van der Waals surface area contributed by atoms with Gasteiger partial charge < -0.3 is 24.4 Å². The molecule has 0 bridgehead atoms. The Labute approximate surface area is 220 Å². The van der Waals surface area contributed by atoms with Crippen LogP contribution in [0.1, 0.15) is 51.3 Å². The average molecular weight is 529 g/mol. The molecule has 0 aliphatic carbocycles. The maximum atomic E-state index is 13.6. The first-order valence-corrected chi connectivity index (χ1v) is 12.5. The van der Waals surface area contributed by atoms with E-state index in [-0.39, 0.29) is 37.9 Å². The number of halogens is 1. The summed E-state index contributed by atoms with van der Waals surface area (Å²) in [5.74, 6) is -0.951. The van der Waals surface area contributed by atoms with Crippen molar-refractivity contribution in [3.63, 3.8) is 0 Å². The van der Waals surface area contributed by atoms with Gasteiger partial charge in [0.15, 0.2) is 0 Å². The van der Waals surface area contributed by atoms with Crippen molar-refractivity contribution >= 4 is 22.9 Å². The van der Waals surface area contributed by atoms with E-state index in [1.807, 2.05) is 24.3 Å². The Morgan fingerprint density at radius 2 is 1.79 bits per heavy atom. The van der Waals surface area contributed by atoms with E-state index in [4.69, 9.17) is 4.74 Å². The monoisotopic (exact) mass is 528 g/mol. The van der Waals surface area contributed by atoms with E-state index in [1.54, 1.807) is 24.3 Å². The molecule has 1 aromatic heterocycles. The molecule has 10 heteroatoms. The van der Waals surface area contributed by atoms with Crippen molar-refractivity contribution < 1.29 is 34.1 Å². The third-order valence-electron chi connectivity index (χ3n) is 5.99. The highest BCUT2D eigenvalue weighted by Gasteiger charge is 2.20. The minimum atomic E-state index is -1.12. The fourth-order valence-electron chi connectivity index (χ4n) is 4.35. The van der Waals surface area contributed by atoms with E-state index < -0.39 is 23.3 Å². The molecule has 0 aliphatic rings. The molecule has 0 spiro atoms. The number of para-hydroxylation sites is 1. The van der Waals surface area contributed by atoms with Crippen LogP contribution >= 0.6 is 0 Å². The van der Waals surface area contributed by atoms with Gasteiger partial charge in [-0.25, -0.2) is 4.39 Å². The molecule has 9 nitrogen and oxygen atoms in total. The molecule has 0 fully saturated rings. The van der Waals surface area contributed by atoms with Gasteiger partial charge in [0.05, 0.1) is 31.8 Å². The van der Waals surface area contributed by atoms with Crippen molar-refractivity contribution in [2.75, 3.05) is 13.2 Å². The minimum Gasteiger partial charge on any atom is -0.466 e. The van der Waals surface area contributed by atoms with E-state index in [2.05, 4.69) is 23.3 Å². The number of hydrogen-bond acceptors (Lipinski definition) is 7. The van der Waals surface area contributed by atoms with Crippen LogP contribution in [-0.2, 0) is 14.4 Å². The second-order valence-electron chi connectivity index (χ2n) is 9.25. The van der Waals surface area contributed by atoms with Crippen molar-refractivity contribution in [3.8, 4) is 11.1 Å². The Hall–Kier alpha value is -3.76. The zero-order valence-electron chi connectivity index (χ0n) is 21.5. The van der Waals surface area contributed by atoms with E-state index in [0.717, 1.165) is 27.7 Å². The fourth-order valence-corrected chi connectivity index (χ4v) is 4.35. The molecule has 2 unspecified atom stereocenters. The number of nitrogens with zero attached hydrogens (tertiary/aromatic N) is 2. The number of hydrogen-bond donors (Lipinski definition) is 2. The van der Waals surface area contributed by atoms with E-state index >= 15 is 0 Å². The predicted octanol–water partition coefficient (Wildman–Crippen LogP) is 5.08. The van der Waals surface area contributed by atoms with Gasteiger partial charge >= 0.3 is 5.97 Å². The van der Waals surface area contributed by atoms with Crippen LogP contribution in [0.25, 0.3) is 28.1 Å². The molecule has 204 valence electrons. The smallest absolute Gasteiger partial charge is 0.308 e. The van der Waals surface area contributed by atoms with Crippen molar-refractivity contribution in [3.05, 3.63) is 76.2 Å². The molecule has 0 amide bonds. The summed E-state index contributed by atoms with van der Waals surface area (Å²) in [4.78, 5) is 26.2. The Morgan fingerprint density at radius 1 is 1.11 bits per heavy atom. The summed E-state index contributed by atoms with van der Waals surface area (Å²) in [6.07, 6.45) is 1.60. The molecule has 0 saturated carbocycles. The Kier molecular flexibility index (Phi) is 10.4. The zero-order chi connectivity index (χ0) is 27.7. The van der Waals surface area contributed by atoms with Crippen LogP contribution in [0.4, 0.5) is 4.39 Å². The largest absolute Gasteiger partial charge is 0.466 e. The molecular weight excluding hydrogens is 495 g/mol. The number of aliphatic hydroxyl groups is 2. The molecule has 0 saturated heterocycles. The highest BCUT2D eigenvalue weighted by molar-refractivity contribution is 6.01. The average Bonchev–Trinajstić information content (AvgIpc) is 3.19. The van der Waals surface area contributed by atoms with Crippen LogP contribution in [-0.4, -0.2) is 51.3 Å². The molecule has 38 heavy (non-hydrogen) atoms. The van der Waals surface area contributed by atoms with Crippen molar-refractivity contribution in [1.29, 1.82) is 0 Å². The number of rotatable bonds is 14. The third-order valence-corrected chi connectivity index (χ3v) is 5.99. The number of ether oxygens (including phenoxy) is 1. The predicted molar refractivity (Wildman–Crippen MR) is 141 cm³/mol. The maximum absolute atomic E-state index is 13.6. The van der Waals surface area contributed by atoms with Crippen LogP contribution < -0.4 is 0 Å². The van der Waals surface area contributed by atoms with Crippen molar-refractivity contribution in [2.24, 2.45) is 0 Å². The molecule has 3 rings (SSSR count). The van der Waals surface area contributed by atoms with Gasteiger partial charge in [0.25, 0.3) is 5.09 Å². The summed E-state index contributed by atoms with van der Waals surface area (Å²) >= 11 is 0. The van der Waals surface area contributed by atoms with Crippen molar-refractivity contribution in [1.82, 2.24) is 4.57 Å². The molecule has 2 atom stereocenters. The summed E-state index contributed by atoms with van der Waals surface area (Å²) < 4.78 is 20.8. The standard InChI is InChI=1S/C28H33FN2O7/c1-19(2)30-25-8-4-3-7-24(25)28(20-9-11-21(29)12-10-20)26(30)14-13-22(32)17-23(33)18-27(34)37-15-5-6-16-38-31(35)36/h3-4,7-14,19,22-23,32-33H,5-6,15-18H2,1-2H3/b14-13+. The number of benzene rings is 2. The van der Waals surface area contributed by atoms with Crippen LogP contribution in [0.2, 0.25) is 0 Å². The summed E-state index contributed by atoms with van der Waals surface area (Å²) in [5, 5.41) is 31.1. The number of unbranched alkanes of at least 4 members (excludes halogenated alkanes) is 1. The maximum Gasteiger partial charge on any atom is 0.308 e. The summed E-state index contributed by atoms with van der Waals surface area (Å²) in [6.45, 7) is 4.09. The molecule has 1 heterocycles. The minimum absolute atomic E-state index is 0.0565. The summed E-state index contributed by atoms with van der Waals surface area (Å²) in [5.41, 5.74) is 3.58. The number of aliphatic hydroxyl groups excluding tert-OH is 2. The first kappa shape index (κ1) is 28.8. The van der Waals surface area contributed by atoms with E-state index in [9.17, 15) is 29.5 Å². The number of esters is 1. The van der Waals surface area contributed by atoms with Gasteiger partial charge in [-0.3, -0.25) is 4.79 Å². The molecule has 2 aromatic carbocycles. The Morgan fingerprint density at radius 3 is 2.47 bits per heavy atom. The second-order valence-corrected chi connectivity index (χ2v) is 9.25. The lowest BCUT2D eigenvalue weighted by molar-refractivity contribution is -0.757. The number of fused-ring (bicyclic) bond motifs is 1.